The molecule has 60 valence electrons. The largest absolute Gasteiger partial charge is 0.458 e. The van der Waals surface area contributed by atoms with Crippen LogP contribution >= 0.6 is 0 Å². The Balaban J connectivity index is 2.14. The Morgan fingerprint density at radius 3 is 3.25 bits per heavy atom. The Hall–Kier alpha value is -1.64. The van der Waals surface area contributed by atoms with E-state index < -0.39 is 0 Å². The molecule has 0 radical (unpaired) electrons. The predicted molar refractivity (Wildman–Crippen MR) is 46.6 cm³/mol. The molecule has 0 bridgehead atoms. The van der Waals surface area contributed by atoms with E-state index >= 15 is 0 Å². The molecule has 0 saturated heterocycles. The van der Waals surface area contributed by atoms with E-state index in [2.05, 4.69) is 16.3 Å². The number of ether oxygens (including phenoxy) is 1. The SMILES string of the molecule is C1=CN2c3ccccc3NC2O1. The van der Waals surface area contributed by atoms with Crippen LogP contribution in [0.4, 0.5) is 11.4 Å². The monoisotopic (exact) mass is 160 g/mol. The predicted octanol–water partition coefficient (Wildman–Crippen LogP) is 1.70. The second kappa shape index (κ2) is 1.94. The fourth-order valence-corrected chi connectivity index (χ4v) is 1.58. The van der Waals surface area contributed by atoms with Gasteiger partial charge in [-0.25, -0.2) is 0 Å². The van der Waals surface area contributed by atoms with Gasteiger partial charge in [0.05, 0.1) is 11.4 Å². The zero-order chi connectivity index (χ0) is 7.97. The number of anilines is 2. The van der Waals surface area contributed by atoms with Gasteiger partial charge in [0, 0.05) is 6.20 Å². The fraction of sp³-hybridized carbons (Fsp3) is 0.111. The highest BCUT2D eigenvalue weighted by molar-refractivity contribution is 5.77. The van der Waals surface area contributed by atoms with Crippen molar-refractivity contribution in [3.8, 4) is 0 Å². The van der Waals surface area contributed by atoms with Gasteiger partial charge >= 0.3 is 0 Å². The normalized spacial score (nSPS) is 23.0. The first kappa shape index (κ1) is 5.94. The van der Waals surface area contributed by atoms with E-state index in [4.69, 9.17) is 4.74 Å². The van der Waals surface area contributed by atoms with Gasteiger partial charge in [-0.1, -0.05) is 12.1 Å². The first-order valence-electron chi connectivity index (χ1n) is 3.91. The van der Waals surface area contributed by atoms with Crippen LogP contribution in [0.15, 0.2) is 36.7 Å². The molecule has 1 N–H and O–H groups in total. The summed E-state index contributed by atoms with van der Waals surface area (Å²) >= 11 is 0. The molecule has 2 aliphatic heterocycles. The number of hydrogen-bond donors (Lipinski definition) is 1. The minimum atomic E-state index is -0.0256. The standard InChI is InChI=1S/C9H8N2O/c1-2-4-8-7(3-1)10-9-11(8)5-6-12-9/h1-6,9-10H. The molecule has 3 heteroatoms. The smallest absolute Gasteiger partial charge is 0.254 e. The lowest BCUT2D eigenvalue weighted by Crippen LogP contribution is -2.27. The number of nitrogens with zero attached hydrogens (tertiary/aromatic N) is 1. The van der Waals surface area contributed by atoms with Crippen LogP contribution in [0.2, 0.25) is 0 Å². The van der Waals surface area contributed by atoms with Crippen molar-refractivity contribution >= 4 is 11.4 Å². The molecule has 0 fully saturated rings. The van der Waals surface area contributed by atoms with Crippen LogP contribution in [-0.4, -0.2) is 6.35 Å². The first-order chi connectivity index (χ1) is 5.95. The average molecular weight is 160 g/mol. The highest BCUT2D eigenvalue weighted by Gasteiger charge is 2.30. The molecule has 3 nitrogen and oxygen atoms in total. The Bertz CT molecular complexity index is 348. The van der Waals surface area contributed by atoms with E-state index in [1.165, 1.54) is 5.69 Å². The summed E-state index contributed by atoms with van der Waals surface area (Å²) < 4.78 is 5.29. The van der Waals surface area contributed by atoms with Crippen molar-refractivity contribution in [3.05, 3.63) is 36.7 Å². The van der Waals surface area contributed by atoms with Crippen LogP contribution < -0.4 is 10.2 Å². The Labute approximate surface area is 70.2 Å². The van der Waals surface area contributed by atoms with E-state index in [9.17, 15) is 0 Å². The minimum absolute atomic E-state index is 0.0256. The van der Waals surface area contributed by atoms with Crippen molar-refractivity contribution in [1.82, 2.24) is 0 Å². The van der Waals surface area contributed by atoms with Gasteiger partial charge in [-0.05, 0) is 12.1 Å². The minimum Gasteiger partial charge on any atom is -0.458 e. The van der Waals surface area contributed by atoms with Crippen LogP contribution in [0.25, 0.3) is 0 Å². The van der Waals surface area contributed by atoms with Gasteiger partial charge < -0.3 is 10.1 Å². The van der Waals surface area contributed by atoms with Gasteiger partial charge in [0.25, 0.3) is 6.35 Å². The molecule has 3 rings (SSSR count). The van der Waals surface area contributed by atoms with E-state index in [0.717, 1.165) is 5.69 Å². The molecular formula is C9H8N2O. The maximum Gasteiger partial charge on any atom is 0.254 e. The van der Waals surface area contributed by atoms with Gasteiger partial charge in [0.1, 0.15) is 6.26 Å². The maximum atomic E-state index is 5.29. The fourth-order valence-electron chi connectivity index (χ4n) is 1.58. The van der Waals surface area contributed by atoms with Crippen LogP contribution in [0.5, 0.6) is 0 Å². The Kier molecular flexibility index (Phi) is 0.961. The van der Waals surface area contributed by atoms with E-state index in [-0.39, 0.29) is 6.35 Å². The summed E-state index contributed by atoms with van der Waals surface area (Å²) in [4.78, 5) is 2.06. The van der Waals surface area contributed by atoms with Crippen LogP contribution in [0.1, 0.15) is 0 Å². The van der Waals surface area contributed by atoms with Crippen molar-refractivity contribution in [2.45, 2.75) is 6.35 Å². The van der Waals surface area contributed by atoms with Gasteiger partial charge in [-0.2, -0.15) is 0 Å². The molecule has 1 aromatic rings. The van der Waals surface area contributed by atoms with Gasteiger partial charge in [0.15, 0.2) is 0 Å². The number of nitrogens with one attached hydrogen (secondary N) is 1. The topological polar surface area (TPSA) is 24.5 Å². The molecule has 0 aromatic heterocycles. The van der Waals surface area contributed by atoms with Crippen molar-refractivity contribution in [2.24, 2.45) is 0 Å². The molecule has 0 spiro atoms. The van der Waals surface area contributed by atoms with Crippen molar-refractivity contribution < 1.29 is 4.74 Å². The molecule has 0 saturated carbocycles. The molecule has 0 aliphatic carbocycles. The van der Waals surface area contributed by atoms with E-state index in [1.54, 1.807) is 6.26 Å². The van der Waals surface area contributed by atoms with Crippen LogP contribution in [0, 0.1) is 0 Å². The average Bonchev–Trinajstić information content (AvgIpc) is 2.62. The molecule has 0 amide bonds. The molecule has 1 unspecified atom stereocenters. The molecule has 2 aliphatic rings. The summed E-state index contributed by atoms with van der Waals surface area (Å²) in [5, 5.41) is 3.24. The van der Waals surface area contributed by atoms with E-state index in [0.29, 0.717) is 0 Å². The third-order valence-corrected chi connectivity index (χ3v) is 2.14. The van der Waals surface area contributed by atoms with Crippen molar-refractivity contribution in [2.75, 3.05) is 10.2 Å². The van der Waals surface area contributed by atoms with Crippen LogP contribution in [0.3, 0.4) is 0 Å². The Morgan fingerprint density at radius 2 is 2.25 bits per heavy atom. The highest BCUT2D eigenvalue weighted by Crippen LogP contribution is 2.36. The molecule has 2 heterocycles. The summed E-state index contributed by atoms with van der Waals surface area (Å²) in [6.45, 7) is 0. The number of para-hydroxylation sites is 2. The lowest BCUT2D eigenvalue weighted by molar-refractivity contribution is 0.203. The van der Waals surface area contributed by atoms with Gasteiger partial charge in [-0.15, -0.1) is 0 Å². The zero-order valence-corrected chi connectivity index (χ0v) is 6.40. The van der Waals surface area contributed by atoms with Gasteiger partial charge in [-0.3, -0.25) is 4.90 Å². The van der Waals surface area contributed by atoms with Crippen molar-refractivity contribution in [3.63, 3.8) is 0 Å². The molecule has 1 aromatic carbocycles. The first-order valence-corrected chi connectivity index (χ1v) is 3.91. The summed E-state index contributed by atoms with van der Waals surface area (Å²) in [6, 6.07) is 8.15. The van der Waals surface area contributed by atoms with Crippen molar-refractivity contribution in [1.29, 1.82) is 0 Å². The zero-order valence-electron chi connectivity index (χ0n) is 6.40. The number of hydrogen-bond acceptors (Lipinski definition) is 3. The summed E-state index contributed by atoms with van der Waals surface area (Å²) in [5.74, 6) is 0. The summed E-state index contributed by atoms with van der Waals surface area (Å²) in [6.07, 6.45) is 3.61. The second-order valence-corrected chi connectivity index (χ2v) is 2.84. The number of benzene rings is 1. The van der Waals surface area contributed by atoms with E-state index in [1.807, 2.05) is 24.4 Å². The number of fused-ring (bicyclic) bond motifs is 3. The summed E-state index contributed by atoms with van der Waals surface area (Å²) in [7, 11) is 0. The number of rotatable bonds is 0. The quantitative estimate of drug-likeness (QED) is 0.625. The Morgan fingerprint density at radius 1 is 1.33 bits per heavy atom. The highest BCUT2D eigenvalue weighted by atomic mass is 16.5. The molecular weight excluding hydrogens is 152 g/mol. The van der Waals surface area contributed by atoms with Gasteiger partial charge in [0.2, 0.25) is 0 Å². The molecule has 1 atom stereocenters. The van der Waals surface area contributed by atoms with Crippen LogP contribution in [-0.2, 0) is 4.74 Å². The summed E-state index contributed by atoms with van der Waals surface area (Å²) in [5.41, 5.74) is 2.31. The lowest BCUT2D eigenvalue weighted by Gasteiger charge is -2.13. The second-order valence-electron chi connectivity index (χ2n) is 2.84. The lowest BCUT2D eigenvalue weighted by atomic mass is 10.3. The third kappa shape index (κ3) is 0.605. The molecule has 12 heavy (non-hydrogen) atoms. The third-order valence-electron chi connectivity index (χ3n) is 2.14. The maximum absolute atomic E-state index is 5.29.